The van der Waals surface area contributed by atoms with Crippen molar-refractivity contribution in [3.8, 4) is 0 Å². The molecule has 3 heteroatoms. The molecule has 0 aliphatic carbocycles. The van der Waals surface area contributed by atoms with E-state index in [1.165, 1.54) is 71.4 Å². The molecule has 18 heavy (non-hydrogen) atoms. The van der Waals surface area contributed by atoms with Crippen LogP contribution < -0.4 is 5.32 Å². The highest BCUT2D eigenvalue weighted by atomic mass is 15.1. The first-order chi connectivity index (χ1) is 8.74. The van der Waals surface area contributed by atoms with Gasteiger partial charge in [-0.1, -0.05) is 6.92 Å². The molecule has 0 aromatic heterocycles. The summed E-state index contributed by atoms with van der Waals surface area (Å²) in [6.45, 7) is 10.1. The van der Waals surface area contributed by atoms with Gasteiger partial charge in [0.1, 0.15) is 0 Å². The van der Waals surface area contributed by atoms with Crippen LogP contribution in [0.5, 0.6) is 0 Å². The van der Waals surface area contributed by atoms with E-state index in [1.54, 1.807) is 0 Å². The van der Waals surface area contributed by atoms with Gasteiger partial charge >= 0.3 is 0 Å². The molecule has 0 aromatic carbocycles. The van der Waals surface area contributed by atoms with Gasteiger partial charge in [0, 0.05) is 6.04 Å². The highest BCUT2D eigenvalue weighted by Gasteiger charge is 2.17. The van der Waals surface area contributed by atoms with Crippen molar-refractivity contribution >= 4 is 0 Å². The Morgan fingerprint density at radius 1 is 1.00 bits per heavy atom. The number of hydrogen-bond donors (Lipinski definition) is 1. The third-order valence-electron chi connectivity index (χ3n) is 4.68. The van der Waals surface area contributed by atoms with Gasteiger partial charge in [-0.05, 0) is 84.3 Å². The van der Waals surface area contributed by atoms with E-state index in [9.17, 15) is 0 Å². The Bertz CT molecular complexity index is 192. The molecule has 0 bridgehead atoms. The van der Waals surface area contributed by atoms with Crippen LogP contribution in [0, 0.1) is 5.92 Å². The Morgan fingerprint density at radius 3 is 2.33 bits per heavy atom. The van der Waals surface area contributed by atoms with Gasteiger partial charge in [-0.2, -0.15) is 0 Å². The SMILES string of the molecule is CC1CCN(CCCNC2CCN(C)CC2)CC1. The first-order valence-electron chi connectivity index (χ1n) is 7.88. The molecule has 2 heterocycles. The molecule has 0 saturated carbocycles. The summed E-state index contributed by atoms with van der Waals surface area (Å²) in [5.74, 6) is 0.957. The number of hydrogen-bond acceptors (Lipinski definition) is 3. The van der Waals surface area contributed by atoms with E-state index in [1.807, 2.05) is 0 Å². The third-order valence-corrected chi connectivity index (χ3v) is 4.68. The second-order valence-electron chi connectivity index (χ2n) is 6.41. The molecule has 2 aliphatic rings. The molecule has 2 aliphatic heterocycles. The maximum atomic E-state index is 3.74. The van der Waals surface area contributed by atoms with Crippen LogP contribution in [0.2, 0.25) is 0 Å². The summed E-state index contributed by atoms with van der Waals surface area (Å²) in [4.78, 5) is 5.09. The highest BCUT2D eigenvalue weighted by Crippen LogP contribution is 2.15. The van der Waals surface area contributed by atoms with Gasteiger partial charge in [-0.15, -0.1) is 0 Å². The van der Waals surface area contributed by atoms with Crippen LogP contribution in [0.25, 0.3) is 0 Å². The van der Waals surface area contributed by atoms with Crippen molar-refractivity contribution in [2.75, 3.05) is 46.3 Å². The normalized spacial score (nSPS) is 25.7. The monoisotopic (exact) mass is 253 g/mol. The van der Waals surface area contributed by atoms with Gasteiger partial charge in [-0.3, -0.25) is 0 Å². The lowest BCUT2D eigenvalue weighted by Gasteiger charge is -2.31. The van der Waals surface area contributed by atoms with E-state index in [-0.39, 0.29) is 0 Å². The van der Waals surface area contributed by atoms with E-state index >= 15 is 0 Å². The number of likely N-dealkylation sites (tertiary alicyclic amines) is 2. The first-order valence-corrected chi connectivity index (χ1v) is 7.88. The van der Waals surface area contributed by atoms with Crippen molar-refractivity contribution < 1.29 is 0 Å². The molecule has 106 valence electrons. The first kappa shape index (κ1) is 14.3. The lowest BCUT2D eigenvalue weighted by Crippen LogP contribution is -2.42. The summed E-state index contributed by atoms with van der Waals surface area (Å²) >= 11 is 0. The highest BCUT2D eigenvalue weighted by molar-refractivity contribution is 4.76. The van der Waals surface area contributed by atoms with Crippen LogP contribution in [0.4, 0.5) is 0 Å². The molecule has 0 aromatic rings. The lowest BCUT2D eigenvalue weighted by atomic mass is 9.99. The third kappa shape index (κ3) is 4.87. The maximum absolute atomic E-state index is 3.74. The van der Waals surface area contributed by atoms with E-state index in [2.05, 4.69) is 29.1 Å². The summed E-state index contributed by atoms with van der Waals surface area (Å²) in [6.07, 6.45) is 6.79. The molecule has 0 atom stereocenters. The van der Waals surface area contributed by atoms with Gasteiger partial charge in [-0.25, -0.2) is 0 Å². The minimum absolute atomic E-state index is 0.780. The molecule has 0 spiro atoms. The maximum Gasteiger partial charge on any atom is 0.00914 e. The number of rotatable bonds is 5. The fourth-order valence-corrected chi connectivity index (χ4v) is 3.11. The van der Waals surface area contributed by atoms with E-state index < -0.39 is 0 Å². The zero-order valence-electron chi connectivity index (χ0n) is 12.3. The second kappa shape index (κ2) is 7.46. The van der Waals surface area contributed by atoms with Crippen molar-refractivity contribution in [2.45, 2.75) is 45.1 Å². The number of nitrogens with one attached hydrogen (secondary N) is 1. The zero-order chi connectivity index (χ0) is 12.8. The molecule has 2 fully saturated rings. The van der Waals surface area contributed by atoms with Gasteiger partial charge < -0.3 is 15.1 Å². The van der Waals surface area contributed by atoms with Crippen LogP contribution in [0.1, 0.15) is 39.0 Å². The Hall–Kier alpha value is -0.120. The predicted octanol–water partition coefficient (Wildman–Crippen LogP) is 1.79. The van der Waals surface area contributed by atoms with Crippen LogP contribution in [-0.2, 0) is 0 Å². The largest absolute Gasteiger partial charge is 0.314 e. The van der Waals surface area contributed by atoms with Crippen molar-refractivity contribution in [1.29, 1.82) is 0 Å². The van der Waals surface area contributed by atoms with Crippen molar-refractivity contribution in [3.05, 3.63) is 0 Å². The molecule has 1 N–H and O–H groups in total. The standard InChI is InChI=1S/C15H31N3/c1-14-4-12-18(13-5-14)9-3-8-16-15-6-10-17(2)11-7-15/h14-16H,3-13H2,1-2H3. The average molecular weight is 253 g/mol. The van der Waals surface area contributed by atoms with Gasteiger partial charge in [0.15, 0.2) is 0 Å². The molecule has 2 rings (SSSR count). The number of nitrogens with zero attached hydrogens (tertiary/aromatic N) is 2. The van der Waals surface area contributed by atoms with Crippen LogP contribution in [0.3, 0.4) is 0 Å². The summed E-state index contributed by atoms with van der Waals surface area (Å²) < 4.78 is 0. The van der Waals surface area contributed by atoms with Gasteiger partial charge in [0.05, 0.1) is 0 Å². The van der Waals surface area contributed by atoms with Crippen molar-refractivity contribution in [3.63, 3.8) is 0 Å². The van der Waals surface area contributed by atoms with E-state index in [0.29, 0.717) is 0 Å². The van der Waals surface area contributed by atoms with Gasteiger partial charge in [0.25, 0.3) is 0 Å². The van der Waals surface area contributed by atoms with E-state index in [0.717, 1.165) is 12.0 Å². The molecule has 3 nitrogen and oxygen atoms in total. The second-order valence-corrected chi connectivity index (χ2v) is 6.41. The topological polar surface area (TPSA) is 18.5 Å². The fourth-order valence-electron chi connectivity index (χ4n) is 3.11. The number of piperidine rings is 2. The Morgan fingerprint density at radius 2 is 1.67 bits per heavy atom. The summed E-state index contributed by atoms with van der Waals surface area (Å²) in [5, 5.41) is 3.74. The molecule has 0 unspecified atom stereocenters. The summed E-state index contributed by atoms with van der Waals surface area (Å²) in [7, 11) is 2.23. The lowest BCUT2D eigenvalue weighted by molar-refractivity contribution is 0.187. The van der Waals surface area contributed by atoms with Crippen molar-refractivity contribution in [2.24, 2.45) is 5.92 Å². The summed E-state index contributed by atoms with van der Waals surface area (Å²) in [6, 6.07) is 0.780. The smallest absolute Gasteiger partial charge is 0.00914 e. The Labute approximate surface area is 113 Å². The van der Waals surface area contributed by atoms with Crippen molar-refractivity contribution in [1.82, 2.24) is 15.1 Å². The summed E-state index contributed by atoms with van der Waals surface area (Å²) in [5.41, 5.74) is 0. The van der Waals surface area contributed by atoms with Crippen LogP contribution in [-0.4, -0.2) is 62.2 Å². The molecule has 2 saturated heterocycles. The van der Waals surface area contributed by atoms with E-state index in [4.69, 9.17) is 0 Å². The van der Waals surface area contributed by atoms with Crippen LogP contribution in [0.15, 0.2) is 0 Å². The average Bonchev–Trinajstić information content (AvgIpc) is 2.39. The fraction of sp³-hybridized carbons (Fsp3) is 1.00. The van der Waals surface area contributed by atoms with Gasteiger partial charge in [0.2, 0.25) is 0 Å². The molecule has 0 radical (unpaired) electrons. The molecular formula is C15H31N3. The molecular weight excluding hydrogens is 222 g/mol. The van der Waals surface area contributed by atoms with Crippen LogP contribution >= 0.6 is 0 Å². The zero-order valence-corrected chi connectivity index (χ0v) is 12.3. The Balaban J connectivity index is 1.48. The quantitative estimate of drug-likeness (QED) is 0.754. The molecule has 0 amide bonds. The minimum atomic E-state index is 0.780. The predicted molar refractivity (Wildman–Crippen MR) is 78.0 cm³/mol. The Kier molecular flexibility index (Phi) is 5.93. The minimum Gasteiger partial charge on any atom is -0.314 e.